The molecule has 2 N–H and O–H groups in total. The minimum Gasteiger partial charge on any atom is -0.547 e. The number of aliphatic hydroxyl groups is 2. The van der Waals surface area contributed by atoms with E-state index in [9.17, 15) is 20.1 Å². The molecular weight excluding hydrogens is 160 g/mol. The van der Waals surface area contributed by atoms with Crippen molar-refractivity contribution in [2.75, 3.05) is 0 Å². The molecule has 1 aliphatic rings. The fraction of sp³-hybridized carbons (Fsp3) is 0.375. The average Bonchev–Trinajstić information content (AvgIpc) is 1.97. The first kappa shape index (κ1) is 8.96. The summed E-state index contributed by atoms with van der Waals surface area (Å²) in [6, 6.07) is 0. The van der Waals surface area contributed by atoms with Gasteiger partial charge in [0.15, 0.2) is 5.60 Å². The summed E-state index contributed by atoms with van der Waals surface area (Å²) in [5.74, 6) is -1.70. The molecule has 0 aromatic rings. The molecule has 0 spiro atoms. The number of carboxylic acids is 1. The lowest BCUT2D eigenvalue weighted by atomic mass is 9.90. The van der Waals surface area contributed by atoms with Crippen LogP contribution in [0.25, 0.3) is 0 Å². The molecule has 0 fully saturated rings. The second-order valence-corrected chi connectivity index (χ2v) is 2.80. The monoisotopic (exact) mass is 169 g/mol. The summed E-state index contributed by atoms with van der Waals surface area (Å²) in [5, 5.41) is 28.9. The highest BCUT2D eigenvalue weighted by molar-refractivity contribution is 5.80. The normalized spacial score (nSPS) is 34.6. The maximum atomic E-state index is 10.4. The lowest BCUT2D eigenvalue weighted by molar-refractivity contribution is -0.324. The molecule has 0 radical (unpaired) electrons. The van der Waals surface area contributed by atoms with E-state index in [1.165, 1.54) is 12.2 Å². The van der Waals surface area contributed by atoms with E-state index in [1.807, 2.05) is 0 Å². The molecule has 1 aliphatic carbocycles. The van der Waals surface area contributed by atoms with Crippen molar-refractivity contribution in [3.05, 3.63) is 23.8 Å². The Bertz CT molecular complexity index is 266. The molecule has 0 saturated heterocycles. The first-order chi connectivity index (χ1) is 5.47. The van der Waals surface area contributed by atoms with Crippen LogP contribution in [0.5, 0.6) is 0 Å². The van der Waals surface area contributed by atoms with Gasteiger partial charge in [-0.15, -0.1) is 0 Å². The Kier molecular flexibility index (Phi) is 2.04. The molecule has 4 nitrogen and oxygen atoms in total. The number of allylic oxidation sites excluding steroid dienone is 2. The highest BCUT2D eigenvalue weighted by atomic mass is 16.4. The summed E-state index contributed by atoms with van der Waals surface area (Å²) in [5.41, 5.74) is -1.58. The van der Waals surface area contributed by atoms with E-state index in [4.69, 9.17) is 0 Å². The van der Waals surface area contributed by atoms with Crippen molar-refractivity contribution >= 4 is 5.97 Å². The minimum absolute atomic E-state index is 0.702. The number of aliphatic carboxylic acids is 1. The van der Waals surface area contributed by atoms with Crippen LogP contribution in [0, 0.1) is 0 Å². The molecule has 1 rings (SSSR count). The Labute approximate surface area is 69.5 Å². The third-order valence-corrected chi connectivity index (χ3v) is 1.80. The topological polar surface area (TPSA) is 80.6 Å². The van der Waals surface area contributed by atoms with E-state index in [0.717, 1.165) is 6.08 Å². The number of hydrogen-bond acceptors (Lipinski definition) is 4. The smallest absolute Gasteiger partial charge is 0.152 e. The molecule has 0 heterocycles. The predicted octanol–water partition coefficient (Wildman–Crippen LogP) is -1.66. The van der Waals surface area contributed by atoms with E-state index in [1.54, 1.807) is 6.92 Å². The molecular formula is C8H9O4-. The number of carbonyl (C=O) groups is 1. The van der Waals surface area contributed by atoms with Gasteiger partial charge in [-0.1, -0.05) is 11.6 Å². The van der Waals surface area contributed by atoms with Crippen LogP contribution in [0.3, 0.4) is 0 Å². The minimum atomic E-state index is -2.28. The molecule has 0 aromatic carbocycles. The first-order valence-corrected chi connectivity index (χ1v) is 3.46. The Morgan fingerprint density at radius 1 is 1.75 bits per heavy atom. The van der Waals surface area contributed by atoms with E-state index in [2.05, 4.69) is 0 Å². The number of rotatable bonds is 1. The standard InChI is InChI=1S/C8H10O4/c1-5-2-3-8(12,7(10)11)6(9)4-5/h2-4,6,9,12H,1H3,(H,10,11)/p-1. The first-order valence-electron chi connectivity index (χ1n) is 3.46. The van der Waals surface area contributed by atoms with E-state index >= 15 is 0 Å². The number of carbonyl (C=O) groups excluding carboxylic acids is 1. The number of carboxylic acid groups (broad SMARTS) is 1. The van der Waals surface area contributed by atoms with Crippen molar-refractivity contribution in [1.29, 1.82) is 0 Å². The summed E-state index contributed by atoms with van der Waals surface area (Å²) < 4.78 is 0. The lowest BCUT2D eigenvalue weighted by Crippen LogP contribution is -2.55. The fourth-order valence-corrected chi connectivity index (χ4v) is 0.977. The summed E-state index contributed by atoms with van der Waals surface area (Å²) in [6.07, 6.45) is 2.26. The third kappa shape index (κ3) is 1.26. The zero-order valence-corrected chi connectivity index (χ0v) is 6.52. The van der Waals surface area contributed by atoms with Gasteiger partial charge in [-0.3, -0.25) is 0 Å². The average molecular weight is 169 g/mol. The van der Waals surface area contributed by atoms with Gasteiger partial charge in [0.25, 0.3) is 0 Å². The lowest BCUT2D eigenvalue weighted by Gasteiger charge is -2.31. The van der Waals surface area contributed by atoms with Gasteiger partial charge in [0.2, 0.25) is 0 Å². The van der Waals surface area contributed by atoms with Gasteiger partial charge >= 0.3 is 0 Å². The van der Waals surface area contributed by atoms with E-state index in [-0.39, 0.29) is 0 Å². The van der Waals surface area contributed by atoms with Crippen molar-refractivity contribution in [1.82, 2.24) is 0 Å². The third-order valence-electron chi connectivity index (χ3n) is 1.80. The summed E-state index contributed by atoms with van der Waals surface area (Å²) in [4.78, 5) is 10.4. The molecule has 0 saturated carbocycles. The van der Waals surface area contributed by atoms with Crippen LogP contribution in [0.1, 0.15) is 6.92 Å². The van der Waals surface area contributed by atoms with Gasteiger partial charge in [-0.2, -0.15) is 0 Å². The van der Waals surface area contributed by atoms with Crippen LogP contribution >= 0.6 is 0 Å². The van der Waals surface area contributed by atoms with Crippen LogP contribution in [-0.4, -0.2) is 27.9 Å². The highest BCUT2D eigenvalue weighted by Gasteiger charge is 2.34. The van der Waals surface area contributed by atoms with Crippen molar-refractivity contribution in [3.63, 3.8) is 0 Å². The van der Waals surface area contributed by atoms with Gasteiger partial charge in [0.05, 0.1) is 5.97 Å². The molecule has 66 valence electrons. The molecule has 0 amide bonds. The Morgan fingerprint density at radius 2 is 2.33 bits per heavy atom. The Morgan fingerprint density at radius 3 is 2.75 bits per heavy atom. The zero-order valence-electron chi connectivity index (χ0n) is 6.52. The predicted molar refractivity (Wildman–Crippen MR) is 38.9 cm³/mol. The second-order valence-electron chi connectivity index (χ2n) is 2.80. The fourth-order valence-electron chi connectivity index (χ4n) is 0.977. The van der Waals surface area contributed by atoms with E-state index < -0.39 is 17.7 Å². The summed E-state index contributed by atoms with van der Waals surface area (Å²) in [6.45, 7) is 1.69. The molecule has 0 aromatic heterocycles. The van der Waals surface area contributed by atoms with Crippen LogP contribution in [0.2, 0.25) is 0 Å². The van der Waals surface area contributed by atoms with E-state index in [0.29, 0.717) is 5.57 Å². The van der Waals surface area contributed by atoms with Crippen LogP contribution in [-0.2, 0) is 4.79 Å². The second kappa shape index (κ2) is 2.73. The molecule has 2 atom stereocenters. The SMILES string of the molecule is CC1=CC(O)C(O)(C(=O)[O-])C=C1. The Balaban J connectivity index is 2.99. The summed E-state index contributed by atoms with van der Waals surface area (Å²) in [7, 11) is 0. The molecule has 4 heteroatoms. The number of hydrogen-bond donors (Lipinski definition) is 2. The van der Waals surface area contributed by atoms with Gasteiger partial charge in [-0.05, 0) is 19.1 Å². The van der Waals surface area contributed by atoms with Crippen molar-refractivity contribution in [2.45, 2.75) is 18.6 Å². The molecule has 12 heavy (non-hydrogen) atoms. The van der Waals surface area contributed by atoms with Gasteiger partial charge in [-0.25, -0.2) is 0 Å². The molecule has 2 unspecified atom stereocenters. The van der Waals surface area contributed by atoms with Gasteiger partial charge in [0, 0.05) is 0 Å². The Hall–Kier alpha value is -1.13. The van der Waals surface area contributed by atoms with Crippen molar-refractivity contribution in [2.24, 2.45) is 0 Å². The van der Waals surface area contributed by atoms with Crippen LogP contribution in [0.4, 0.5) is 0 Å². The van der Waals surface area contributed by atoms with Crippen molar-refractivity contribution < 1.29 is 20.1 Å². The summed E-state index contributed by atoms with van der Waals surface area (Å²) >= 11 is 0. The van der Waals surface area contributed by atoms with Crippen LogP contribution < -0.4 is 5.11 Å². The maximum Gasteiger partial charge on any atom is 0.152 e. The van der Waals surface area contributed by atoms with Crippen molar-refractivity contribution in [3.8, 4) is 0 Å². The van der Waals surface area contributed by atoms with Gasteiger partial charge in [0.1, 0.15) is 6.10 Å². The zero-order chi connectivity index (χ0) is 9.35. The quantitative estimate of drug-likeness (QED) is 0.492. The largest absolute Gasteiger partial charge is 0.547 e. The van der Waals surface area contributed by atoms with Gasteiger partial charge < -0.3 is 20.1 Å². The highest BCUT2D eigenvalue weighted by Crippen LogP contribution is 2.20. The van der Waals surface area contributed by atoms with Crippen LogP contribution in [0.15, 0.2) is 23.8 Å². The number of aliphatic hydroxyl groups excluding tert-OH is 1. The molecule has 0 bridgehead atoms. The maximum absolute atomic E-state index is 10.4. The molecule has 0 aliphatic heterocycles.